The lowest BCUT2D eigenvalue weighted by atomic mass is 10.2. The van der Waals surface area contributed by atoms with Crippen molar-refractivity contribution in [2.75, 3.05) is 18.6 Å². The molecule has 0 bridgehead atoms. The van der Waals surface area contributed by atoms with Crippen LogP contribution in [0.25, 0.3) is 0 Å². The highest BCUT2D eigenvalue weighted by Gasteiger charge is 2.31. The molecule has 3 rings (SSSR count). The summed E-state index contributed by atoms with van der Waals surface area (Å²) >= 11 is 0. The Labute approximate surface area is 139 Å². The first kappa shape index (κ1) is 16.0. The average molecular weight is 328 g/mol. The summed E-state index contributed by atoms with van der Waals surface area (Å²) in [6, 6.07) is 12.3. The van der Waals surface area contributed by atoms with Gasteiger partial charge in [0.25, 0.3) is 5.91 Å². The number of ether oxygens (including phenoxy) is 1. The molecular weight excluding hydrogens is 311 g/mol. The molecule has 0 saturated carbocycles. The predicted octanol–water partition coefficient (Wildman–Crippen LogP) is 2.37. The fourth-order valence-electron chi connectivity index (χ4n) is 2.73. The molecule has 1 N–H and O–H groups in total. The maximum Gasteiger partial charge on any atom is 0.251 e. The van der Waals surface area contributed by atoms with Gasteiger partial charge in [-0.05, 0) is 30.3 Å². The van der Waals surface area contributed by atoms with Crippen LogP contribution in [0.3, 0.4) is 0 Å². The summed E-state index contributed by atoms with van der Waals surface area (Å²) in [5.41, 5.74) is 0.962. The number of halogens is 1. The Morgan fingerprint density at radius 2 is 2.04 bits per heavy atom. The van der Waals surface area contributed by atoms with E-state index >= 15 is 0 Å². The number of anilines is 1. The number of carbonyl (C=O) groups is 2. The van der Waals surface area contributed by atoms with Gasteiger partial charge in [-0.1, -0.05) is 12.1 Å². The molecule has 2 aromatic rings. The monoisotopic (exact) mass is 328 g/mol. The molecule has 0 aliphatic carbocycles. The minimum atomic E-state index is -0.469. The summed E-state index contributed by atoms with van der Waals surface area (Å²) in [5, 5.41) is 2.78. The van der Waals surface area contributed by atoms with Crippen LogP contribution in [0.4, 0.5) is 10.1 Å². The van der Waals surface area contributed by atoms with Crippen LogP contribution >= 0.6 is 0 Å². The van der Waals surface area contributed by atoms with Gasteiger partial charge in [0.2, 0.25) is 5.91 Å². The molecule has 0 aromatic heterocycles. The Hall–Kier alpha value is -2.89. The van der Waals surface area contributed by atoms with Gasteiger partial charge < -0.3 is 15.0 Å². The summed E-state index contributed by atoms with van der Waals surface area (Å²) < 4.78 is 18.4. The van der Waals surface area contributed by atoms with Gasteiger partial charge in [0, 0.05) is 30.3 Å². The largest absolute Gasteiger partial charge is 0.497 e. The molecule has 1 heterocycles. The lowest BCUT2D eigenvalue weighted by Gasteiger charge is -2.18. The summed E-state index contributed by atoms with van der Waals surface area (Å²) in [6.07, 6.45) is 0.207. The molecular formula is C18H17FN2O3. The summed E-state index contributed by atoms with van der Waals surface area (Å²) in [4.78, 5) is 26.0. The second-order valence-electron chi connectivity index (χ2n) is 5.59. The van der Waals surface area contributed by atoms with Gasteiger partial charge in [-0.15, -0.1) is 0 Å². The second kappa shape index (κ2) is 6.70. The SMILES string of the molecule is COc1cccc(N2CC(NC(=O)c3cccc(F)c3)CC2=O)c1. The fraction of sp³-hybridized carbons (Fsp3) is 0.222. The minimum absolute atomic E-state index is 0.0761. The van der Waals surface area contributed by atoms with E-state index in [0.29, 0.717) is 12.3 Å². The zero-order valence-electron chi connectivity index (χ0n) is 13.2. The van der Waals surface area contributed by atoms with Crippen LogP contribution in [0, 0.1) is 5.82 Å². The first-order chi connectivity index (χ1) is 11.6. The second-order valence-corrected chi connectivity index (χ2v) is 5.59. The van der Waals surface area contributed by atoms with Crippen LogP contribution in [0.1, 0.15) is 16.8 Å². The number of hydrogen-bond donors (Lipinski definition) is 1. The van der Waals surface area contributed by atoms with Crippen LogP contribution in [0.2, 0.25) is 0 Å². The van der Waals surface area contributed by atoms with E-state index in [2.05, 4.69) is 5.32 Å². The molecule has 2 amide bonds. The van der Waals surface area contributed by atoms with E-state index < -0.39 is 5.82 Å². The van der Waals surface area contributed by atoms with Gasteiger partial charge in [0.1, 0.15) is 11.6 Å². The van der Waals surface area contributed by atoms with Crippen molar-refractivity contribution < 1.29 is 18.7 Å². The zero-order chi connectivity index (χ0) is 17.1. The average Bonchev–Trinajstić information content (AvgIpc) is 2.95. The van der Waals surface area contributed by atoms with Crippen molar-refractivity contribution >= 4 is 17.5 Å². The van der Waals surface area contributed by atoms with Crippen molar-refractivity contribution in [2.24, 2.45) is 0 Å². The molecule has 1 atom stereocenters. The third-order valence-corrected chi connectivity index (χ3v) is 3.91. The highest BCUT2D eigenvalue weighted by Crippen LogP contribution is 2.25. The number of amides is 2. The van der Waals surface area contributed by atoms with Gasteiger partial charge in [-0.3, -0.25) is 9.59 Å². The van der Waals surface area contributed by atoms with E-state index in [1.807, 2.05) is 6.07 Å². The van der Waals surface area contributed by atoms with E-state index in [1.165, 1.54) is 24.3 Å². The van der Waals surface area contributed by atoms with Gasteiger partial charge in [0.05, 0.1) is 13.2 Å². The first-order valence-corrected chi connectivity index (χ1v) is 7.57. The van der Waals surface area contributed by atoms with E-state index in [-0.39, 0.29) is 29.8 Å². The van der Waals surface area contributed by atoms with Crippen LogP contribution in [0.15, 0.2) is 48.5 Å². The van der Waals surface area contributed by atoms with Crippen LogP contribution in [-0.4, -0.2) is 31.5 Å². The smallest absolute Gasteiger partial charge is 0.251 e. The van der Waals surface area contributed by atoms with E-state index in [1.54, 1.807) is 30.2 Å². The van der Waals surface area contributed by atoms with Crippen LogP contribution < -0.4 is 15.0 Å². The van der Waals surface area contributed by atoms with E-state index in [4.69, 9.17) is 4.74 Å². The zero-order valence-corrected chi connectivity index (χ0v) is 13.2. The molecule has 1 aliphatic heterocycles. The first-order valence-electron chi connectivity index (χ1n) is 7.57. The topological polar surface area (TPSA) is 58.6 Å². The molecule has 5 nitrogen and oxygen atoms in total. The van der Waals surface area contributed by atoms with Crippen LogP contribution in [-0.2, 0) is 4.79 Å². The Balaban J connectivity index is 1.69. The molecule has 6 heteroatoms. The summed E-state index contributed by atoms with van der Waals surface area (Å²) in [7, 11) is 1.56. The van der Waals surface area contributed by atoms with E-state index in [9.17, 15) is 14.0 Å². The lowest BCUT2D eigenvalue weighted by molar-refractivity contribution is -0.117. The molecule has 2 aromatic carbocycles. The third-order valence-electron chi connectivity index (χ3n) is 3.91. The molecule has 1 unspecified atom stereocenters. The standard InChI is InChI=1S/C18H17FN2O3/c1-24-16-7-3-6-15(10-16)21-11-14(9-17(21)22)20-18(23)12-4-2-5-13(19)8-12/h2-8,10,14H,9,11H2,1H3,(H,20,23). The van der Waals surface area contributed by atoms with Crippen molar-refractivity contribution in [1.82, 2.24) is 5.32 Å². The van der Waals surface area contributed by atoms with Crippen molar-refractivity contribution in [2.45, 2.75) is 12.5 Å². The Morgan fingerprint density at radius 1 is 1.25 bits per heavy atom. The number of nitrogens with one attached hydrogen (secondary N) is 1. The van der Waals surface area contributed by atoms with Crippen molar-refractivity contribution in [3.8, 4) is 5.75 Å². The molecule has 24 heavy (non-hydrogen) atoms. The number of nitrogens with zero attached hydrogens (tertiary/aromatic N) is 1. The quantitative estimate of drug-likeness (QED) is 0.937. The molecule has 1 saturated heterocycles. The van der Waals surface area contributed by atoms with Gasteiger partial charge in [-0.25, -0.2) is 4.39 Å². The summed E-state index contributed by atoms with van der Waals surface area (Å²) in [6.45, 7) is 0.368. The van der Waals surface area contributed by atoms with Crippen molar-refractivity contribution in [3.63, 3.8) is 0 Å². The molecule has 1 fully saturated rings. The van der Waals surface area contributed by atoms with E-state index in [0.717, 1.165) is 5.69 Å². The highest BCUT2D eigenvalue weighted by molar-refractivity contribution is 5.99. The Kier molecular flexibility index (Phi) is 4.46. The third kappa shape index (κ3) is 3.37. The maximum atomic E-state index is 13.2. The van der Waals surface area contributed by atoms with Gasteiger partial charge in [-0.2, -0.15) is 0 Å². The van der Waals surface area contributed by atoms with Gasteiger partial charge >= 0.3 is 0 Å². The summed E-state index contributed by atoms with van der Waals surface area (Å²) in [5.74, 6) is -0.275. The molecule has 0 spiro atoms. The number of carbonyl (C=O) groups excluding carboxylic acids is 2. The van der Waals surface area contributed by atoms with Crippen LogP contribution in [0.5, 0.6) is 5.75 Å². The normalized spacial score (nSPS) is 17.0. The molecule has 1 aliphatic rings. The van der Waals surface area contributed by atoms with Crippen molar-refractivity contribution in [1.29, 1.82) is 0 Å². The number of benzene rings is 2. The maximum absolute atomic E-state index is 13.2. The molecule has 0 radical (unpaired) electrons. The predicted molar refractivity (Wildman–Crippen MR) is 87.6 cm³/mol. The minimum Gasteiger partial charge on any atom is -0.497 e. The lowest BCUT2D eigenvalue weighted by Crippen LogP contribution is -2.37. The van der Waals surface area contributed by atoms with Gasteiger partial charge in [0.15, 0.2) is 0 Å². The fourth-order valence-corrected chi connectivity index (χ4v) is 2.73. The highest BCUT2D eigenvalue weighted by atomic mass is 19.1. The molecule has 124 valence electrons. The Bertz CT molecular complexity index is 778. The van der Waals surface area contributed by atoms with Crippen molar-refractivity contribution in [3.05, 3.63) is 59.9 Å². The number of methoxy groups -OCH3 is 1. The Morgan fingerprint density at radius 3 is 2.79 bits per heavy atom. The number of rotatable bonds is 4. The number of hydrogen-bond acceptors (Lipinski definition) is 3.